The van der Waals surface area contributed by atoms with Crippen molar-refractivity contribution in [3.05, 3.63) is 11.7 Å². The maximum atomic E-state index is 6.06. The van der Waals surface area contributed by atoms with Gasteiger partial charge in [-0.3, -0.25) is 0 Å². The third-order valence-electron chi connectivity index (χ3n) is 4.20. The van der Waals surface area contributed by atoms with Gasteiger partial charge in [-0.1, -0.05) is 18.5 Å². The average Bonchev–Trinajstić information content (AvgIpc) is 2.94. The van der Waals surface area contributed by atoms with E-state index >= 15 is 0 Å². The van der Waals surface area contributed by atoms with Gasteiger partial charge in [0.05, 0.1) is 6.04 Å². The average molecular weight is 283 g/mol. The van der Waals surface area contributed by atoms with Crippen molar-refractivity contribution in [3.63, 3.8) is 0 Å². The fourth-order valence-electron chi connectivity index (χ4n) is 2.76. The number of aromatic nitrogens is 2. The summed E-state index contributed by atoms with van der Waals surface area (Å²) < 4.78 is 5.33. The monoisotopic (exact) mass is 283 g/mol. The highest BCUT2D eigenvalue weighted by Gasteiger charge is 2.26. The fourth-order valence-corrected chi connectivity index (χ4v) is 3.25. The number of nitrogens with two attached hydrogens (primary N) is 1. The van der Waals surface area contributed by atoms with Crippen LogP contribution >= 0.6 is 11.8 Å². The van der Waals surface area contributed by atoms with E-state index in [2.05, 4.69) is 23.3 Å². The highest BCUT2D eigenvalue weighted by Crippen LogP contribution is 2.35. The van der Waals surface area contributed by atoms with Crippen LogP contribution in [0.4, 0.5) is 0 Å². The predicted molar refractivity (Wildman–Crippen MR) is 79.2 cm³/mol. The lowest BCUT2D eigenvalue weighted by Gasteiger charge is -2.25. The van der Waals surface area contributed by atoms with Crippen LogP contribution in [0.2, 0.25) is 0 Å². The van der Waals surface area contributed by atoms with Gasteiger partial charge in [0.25, 0.3) is 0 Å². The summed E-state index contributed by atoms with van der Waals surface area (Å²) in [5, 5.41) is 4.15. The van der Waals surface area contributed by atoms with Crippen LogP contribution in [0, 0.1) is 5.92 Å². The predicted octanol–water partition coefficient (Wildman–Crippen LogP) is 3.51. The Kier molecular flexibility index (Phi) is 5.70. The molecule has 0 aromatic carbocycles. The third kappa shape index (κ3) is 3.96. The molecule has 1 heterocycles. The van der Waals surface area contributed by atoms with Crippen molar-refractivity contribution < 1.29 is 4.52 Å². The fraction of sp³-hybridized carbons (Fsp3) is 0.857. The Hall–Kier alpha value is -0.550. The smallest absolute Gasteiger partial charge is 0.243 e. The number of hydrogen-bond donors (Lipinski definition) is 1. The maximum Gasteiger partial charge on any atom is 0.243 e. The zero-order chi connectivity index (χ0) is 13.7. The van der Waals surface area contributed by atoms with Crippen molar-refractivity contribution in [2.75, 3.05) is 12.0 Å². The third-order valence-corrected chi connectivity index (χ3v) is 4.84. The van der Waals surface area contributed by atoms with Crippen LogP contribution in [0.3, 0.4) is 0 Å². The van der Waals surface area contributed by atoms with Gasteiger partial charge in [-0.2, -0.15) is 16.7 Å². The van der Waals surface area contributed by atoms with Gasteiger partial charge in [-0.05, 0) is 50.0 Å². The Bertz CT molecular complexity index is 375. The molecule has 0 saturated heterocycles. The molecule has 4 nitrogen and oxygen atoms in total. The quantitative estimate of drug-likeness (QED) is 0.865. The number of thioether (sulfide) groups is 1. The topological polar surface area (TPSA) is 64.9 Å². The lowest BCUT2D eigenvalue weighted by Crippen LogP contribution is -2.14. The zero-order valence-electron chi connectivity index (χ0n) is 12.0. The largest absolute Gasteiger partial charge is 0.338 e. The van der Waals surface area contributed by atoms with Crippen LogP contribution < -0.4 is 5.73 Å². The first kappa shape index (κ1) is 14.9. The molecule has 1 aromatic heterocycles. The van der Waals surface area contributed by atoms with Gasteiger partial charge in [-0.15, -0.1) is 0 Å². The molecule has 1 fully saturated rings. The van der Waals surface area contributed by atoms with E-state index in [0.29, 0.717) is 11.8 Å². The van der Waals surface area contributed by atoms with Gasteiger partial charge < -0.3 is 10.3 Å². The lowest BCUT2D eigenvalue weighted by molar-refractivity contribution is 0.301. The standard InChI is InChI=1S/C14H25N3OS/c1-3-10-4-6-11(7-5-10)13-16-14(18-17-13)12(15)8-9-19-2/h10-12H,3-9,15H2,1-2H3. The minimum Gasteiger partial charge on any atom is -0.338 e. The molecule has 0 radical (unpaired) electrons. The molecular formula is C14H25N3OS. The Morgan fingerprint density at radius 1 is 1.37 bits per heavy atom. The minimum absolute atomic E-state index is 0.110. The lowest BCUT2D eigenvalue weighted by atomic mass is 9.80. The summed E-state index contributed by atoms with van der Waals surface area (Å²) in [5.41, 5.74) is 6.06. The molecule has 1 aliphatic carbocycles. The van der Waals surface area contributed by atoms with Crippen LogP contribution in [0.5, 0.6) is 0 Å². The van der Waals surface area contributed by atoms with Gasteiger partial charge in [0, 0.05) is 5.92 Å². The van der Waals surface area contributed by atoms with Crippen molar-refractivity contribution in [1.82, 2.24) is 10.1 Å². The van der Waals surface area contributed by atoms with E-state index in [1.54, 1.807) is 11.8 Å². The van der Waals surface area contributed by atoms with E-state index in [-0.39, 0.29) is 6.04 Å². The molecule has 1 saturated carbocycles. The Morgan fingerprint density at radius 2 is 2.11 bits per heavy atom. The van der Waals surface area contributed by atoms with E-state index in [0.717, 1.165) is 23.9 Å². The molecule has 1 aromatic rings. The molecule has 2 rings (SSSR count). The molecule has 0 bridgehead atoms. The van der Waals surface area contributed by atoms with Crippen LogP contribution in [0.1, 0.15) is 69.1 Å². The number of nitrogens with zero attached hydrogens (tertiary/aromatic N) is 2. The number of rotatable bonds is 6. The summed E-state index contributed by atoms with van der Waals surface area (Å²) >= 11 is 1.79. The molecular weight excluding hydrogens is 258 g/mol. The summed E-state index contributed by atoms with van der Waals surface area (Å²) in [6, 6.07) is -0.110. The molecule has 1 atom stereocenters. The van der Waals surface area contributed by atoms with Crippen LogP contribution in [-0.4, -0.2) is 22.1 Å². The summed E-state index contributed by atoms with van der Waals surface area (Å²) in [6.07, 6.45) is 9.25. The molecule has 0 spiro atoms. The molecule has 0 aliphatic heterocycles. The van der Waals surface area contributed by atoms with Gasteiger partial charge in [-0.25, -0.2) is 0 Å². The van der Waals surface area contributed by atoms with E-state index in [9.17, 15) is 0 Å². The maximum absolute atomic E-state index is 6.06. The van der Waals surface area contributed by atoms with Crippen molar-refractivity contribution in [3.8, 4) is 0 Å². The first-order valence-corrected chi connectivity index (χ1v) is 8.72. The van der Waals surface area contributed by atoms with Gasteiger partial charge >= 0.3 is 0 Å². The molecule has 5 heteroatoms. The van der Waals surface area contributed by atoms with Gasteiger partial charge in [0.1, 0.15) is 0 Å². The SMILES string of the molecule is CCC1CCC(c2noc(C(N)CCSC)n2)CC1. The van der Waals surface area contributed by atoms with Crippen molar-refractivity contribution in [2.45, 2.75) is 57.4 Å². The Morgan fingerprint density at radius 3 is 2.74 bits per heavy atom. The Labute approximate surface area is 119 Å². The van der Waals surface area contributed by atoms with Crippen molar-refractivity contribution in [1.29, 1.82) is 0 Å². The Balaban J connectivity index is 1.90. The zero-order valence-corrected chi connectivity index (χ0v) is 12.8. The molecule has 2 N–H and O–H groups in total. The second-order valence-electron chi connectivity index (χ2n) is 5.50. The van der Waals surface area contributed by atoms with Crippen LogP contribution in [-0.2, 0) is 0 Å². The number of hydrogen-bond acceptors (Lipinski definition) is 5. The van der Waals surface area contributed by atoms with Crippen molar-refractivity contribution >= 4 is 11.8 Å². The van der Waals surface area contributed by atoms with E-state index in [4.69, 9.17) is 10.3 Å². The molecule has 0 amide bonds. The second kappa shape index (κ2) is 7.29. The van der Waals surface area contributed by atoms with Crippen LogP contribution in [0.25, 0.3) is 0 Å². The molecule has 108 valence electrons. The van der Waals surface area contributed by atoms with Crippen molar-refractivity contribution in [2.24, 2.45) is 11.7 Å². The summed E-state index contributed by atoms with van der Waals surface area (Å²) in [4.78, 5) is 4.53. The molecule has 19 heavy (non-hydrogen) atoms. The van der Waals surface area contributed by atoms with Gasteiger partial charge in [0.15, 0.2) is 5.82 Å². The normalized spacial score (nSPS) is 25.4. The van der Waals surface area contributed by atoms with E-state index in [1.807, 2.05) is 0 Å². The first-order chi connectivity index (χ1) is 9.24. The van der Waals surface area contributed by atoms with Gasteiger partial charge in [0.2, 0.25) is 5.89 Å². The van der Waals surface area contributed by atoms with E-state index < -0.39 is 0 Å². The molecule has 1 unspecified atom stereocenters. The second-order valence-corrected chi connectivity index (χ2v) is 6.49. The molecule has 1 aliphatic rings. The highest BCUT2D eigenvalue weighted by molar-refractivity contribution is 7.98. The first-order valence-electron chi connectivity index (χ1n) is 7.32. The summed E-state index contributed by atoms with van der Waals surface area (Å²) in [7, 11) is 0. The van der Waals surface area contributed by atoms with E-state index in [1.165, 1.54) is 32.1 Å². The van der Waals surface area contributed by atoms with Crippen LogP contribution in [0.15, 0.2) is 4.52 Å². The highest BCUT2D eigenvalue weighted by atomic mass is 32.2. The summed E-state index contributed by atoms with van der Waals surface area (Å²) in [5.74, 6) is 3.89. The minimum atomic E-state index is -0.110. The summed E-state index contributed by atoms with van der Waals surface area (Å²) in [6.45, 7) is 2.28.